The van der Waals surface area contributed by atoms with Crippen LogP contribution in [0.4, 0.5) is 0 Å². The zero-order chi connectivity index (χ0) is 24.8. The van der Waals surface area contributed by atoms with E-state index < -0.39 is 0 Å². The van der Waals surface area contributed by atoms with E-state index in [1.54, 1.807) is 0 Å². The molecule has 2 aliphatic heterocycles. The number of hydrogen-bond donors (Lipinski definition) is 1. The summed E-state index contributed by atoms with van der Waals surface area (Å²) in [4.78, 5) is 3.70. The number of benzene rings is 2. The molecule has 4 nitrogen and oxygen atoms in total. The number of nitrogens with zero attached hydrogens (tertiary/aromatic N) is 1. The summed E-state index contributed by atoms with van der Waals surface area (Å²) in [5.41, 5.74) is 4.96. The number of hydrogen-bond acceptors (Lipinski definition) is 3. The fourth-order valence-corrected chi connectivity index (χ4v) is 5.32. The fraction of sp³-hybridized carbons (Fsp3) is 0.586. The minimum atomic E-state index is 0. The van der Waals surface area contributed by atoms with Crippen LogP contribution in [-0.4, -0.2) is 65.2 Å². The van der Waals surface area contributed by atoms with E-state index in [4.69, 9.17) is 9.47 Å². The van der Waals surface area contributed by atoms with Gasteiger partial charge in [-0.15, -0.1) is 0 Å². The third-order valence-corrected chi connectivity index (χ3v) is 6.93. The van der Waals surface area contributed by atoms with Gasteiger partial charge >= 0.3 is 18.9 Å². The van der Waals surface area contributed by atoms with E-state index in [2.05, 4.69) is 95.5 Å². The molecule has 0 spiro atoms. The van der Waals surface area contributed by atoms with E-state index in [0.717, 1.165) is 33.0 Å². The zero-order valence-electron chi connectivity index (χ0n) is 23.3. The minimum Gasteiger partial charge on any atom is -0.503 e. The molecule has 2 fully saturated rings. The minimum absolute atomic E-state index is 0. The molecule has 2 aliphatic rings. The zero-order valence-corrected chi connectivity index (χ0v) is 24.2. The van der Waals surface area contributed by atoms with Gasteiger partial charge in [0.2, 0.25) is 0 Å². The van der Waals surface area contributed by atoms with Crippen molar-refractivity contribution in [2.75, 3.05) is 54.6 Å². The number of nitrogens with one attached hydrogen (secondary N) is 1. The Hall–Kier alpha value is -0.693. The molecular weight excluding hydrogens is 446 g/mol. The maximum atomic E-state index is 4.94. The van der Waals surface area contributed by atoms with E-state index in [1.807, 2.05) is 0 Å². The van der Waals surface area contributed by atoms with Crippen molar-refractivity contribution >= 4 is 13.9 Å². The van der Waals surface area contributed by atoms with Crippen molar-refractivity contribution in [3.63, 3.8) is 0 Å². The van der Waals surface area contributed by atoms with Crippen LogP contribution in [0.1, 0.15) is 62.3 Å². The molecule has 1 atom stereocenters. The normalized spacial score (nSPS) is 16.1. The average Bonchev–Trinajstić information content (AvgIpc) is 3.55. The molecule has 4 rings (SSSR count). The van der Waals surface area contributed by atoms with Crippen LogP contribution in [0.3, 0.4) is 0 Å². The molecule has 0 bridgehead atoms. The second-order valence-electron chi connectivity index (χ2n) is 9.87. The van der Waals surface area contributed by atoms with Gasteiger partial charge < -0.3 is 27.9 Å². The molecule has 2 aromatic carbocycles. The Bertz CT molecular complexity index is 730. The molecule has 1 unspecified atom stereocenters. The van der Waals surface area contributed by atoms with Crippen LogP contribution < -0.4 is 29.1 Å². The van der Waals surface area contributed by atoms with E-state index in [9.17, 15) is 0 Å². The summed E-state index contributed by atoms with van der Waals surface area (Å²) in [6.45, 7) is 9.55. The standard InChI is InChI=1S/C21H30N2P.2C4H8O.Li/c1-16(2)24-20-14-10-9-13-19(20)21(23(5)6)18-12-8-7-11-17(18)15-22(3)4;2*1-2-4-5-3-1;/h7-14,16,21H,15H2,1-6H3;2*1-4H2;/q-1;;;+1/p+1. The van der Waals surface area contributed by atoms with Gasteiger partial charge in [-0.05, 0) is 50.9 Å². The third-order valence-electron chi connectivity index (χ3n) is 5.73. The van der Waals surface area contributed by atoms with Crippen LogP contribution >= 0.6 is 8.58 Å². The molecule has 0 aliphatic carbocycles. The summed E-state index contributed by atoms with van der Waals surface area (Å²) in [7, 11) is 10.2. The number of rotatable bonds is 7. The molecule has 1 N–H and O–H groups in total. The Morgan fingerprint density at radius 3 is 1.71 bits per heavy atom. The fourth-order valence-electron chi connectivity index (χ4n) is 4.24. The smallest absolute Gasteiger partial charge is 0.503 e. The topological polar surface area (TPSA) is 26.1 Å². The largest absolute Gasteiger partial charge is 1.00 e. The first kappa shape index (κ1) is 32.3. The molecule has 2 saturated heterocycles. The van der Waals surface area contributed by atoms with E-state index >= 15 is 0 Å². The first-order valence-corrected chi connectivity index (χ1v) is 13.8. The van der Waals surface area contributed by atoms with Crippen LogP contribution in [0, 0.1) is 0 Å². The molecule has 0 aromatic heterocycles. The third kappa shape index (κ3) is 12.4. The van der Waals surface area contributed by atoms with Crippen LogP contribution in [0.2, 0.25) is 0 Å². The average molecular weight is 494 g/mol. The predicted octanol–water partition coefficient (Wildman–Crippen LogP) is 1.56. The van der Waals surface area contributed by atoms with Gasteiger partial charge in [-0.1, -0.05) is 62.4 Å². The molecule has 2 aromatic rings. The molecule has 0 amide bonds. The maximum absolute atomic E-state index is 4.94. The number of quaternary nitrogens is 1. The maximum Gasteiger partial charge on any atom is 1.00 e. The van der Waals surface area contributed by atoms with Gasteiger partial charge in [0.1, 0.15) is 6.04 Å². The van der Waals surface area contributed by atoms with Crippen molar-refractivity contribution < 1.29 is 33.2 Å². The summed E-state index contributed by atoms with van der Waals surface area (Å²) in [5.74, 6) is 0. The van der Waals surface area contributed by atoms with Crippen molar-refractivity contribution in [2.45, 2.75) is 57.8 Å². The SMILES string of the molecule is C1CCOC1.C1CCOC1.CC(C)[P-]c1ccccc1C(c1ccccc1CN(C)C)[NH+](C)C.[Li+]. The van der Waals surface area contributed by atoms with Crippen molar-refractivity contribution in [1.29, 1.82) is 0 Å². The van der Waals surface area contributed by atoms with E-state index in [-0.39, 0.29) is 18.9 Å². The van der Waals surface area contributed by atoms with Crippen LogP contribution in [0.5, 0.6) is 0 Å². The van der Waals surface area contributed by atoms with E-state index in [1.165, 1.54) is 61.2 Å². The first-order valence-electron chi connectivity index (χ1n) is 12.9. The van der Waals surface area contributed by atoms with Gasteiger partial charge in [-0.25, -0.2) is 0 Å². The first-order chi connectivity index (χ1) is 16.4. The molecule has 190 valence electrons. The van der Waals surface area contributed by atoms with Crippen LogP contribution in [0.25, 0.3) is 0 Å². The van der Waals surface area contributed by atoms with Crippen LogP contribution in [-0.2, 0) is 16.0 Å². The molecule has 0 saturated carbocycles. The molecule has 6 heteroatoms. The number of ether oxygens (including phenoxy) is 2. The monoisotopic (exact) mass is 493 g/mol. The quantitative estimate of drug-likeness (QED) is 0.469. The summed E-state index contributed by atoms with van der Waals surface area (Å²) in [6, 6.07) is 18.2. The van der Waals surface area contributed by atoms with Gasteiger partial charge in [0, 0.05) is 38.5 Å². The summed E-state index contributed by atoms with van der Waals surface area (Å²) in [6.07, 6.45) is 5.11. The Morgan fingerprint density at radius 2 is 1.29 bits per heavy atom. The van der Waals surface area contributed by atoms with Gasteiger partial charge in [-0.2, -0.15) is 11.0 Å². The molecule has 0 radical (unpaired) electrons. The molecule has 2 heterocycles. The van der Waals surface area contributed by atoms with Gasteiger partial charge in [0.25, 0.3) is 0 Å². The van der Waals surface area contributed by atoms with Crippen molar-refractivity contribution in [1.82, 2.24) is 4.90 Å². The van der Waals surface area contributed by atoms with Crippen LogP contribution in [0.15, 0.2) is 48.5 Å². The summed E-state index contributed by atoms with van der Waals surface area (Å²) >= 11 is 0. The molecule has 35 heavy (non-hydrogen) atoms. The summed E-state index contributed by atoms with van der Waals surface area (Å²) in [5, 5.41) is 1.46. The van der Waals surface area contributed by atoms with Crippen molar-refractivity contribution in [3.05, 3.63) is 65.2 Å². The van der Waals surface area contributed by atoms with Crippen molar-refractivity contribution in [2.24, 2.45) is 0 Å². The second-order valence-corrected chi connectivity index (χ2v) is 11.6. The predicted molar refractivity (Wildman–Crippen MR) is 147 cm³/mol. The summed E-state index contributed by atoms with van der Waals surface area (Å²) < 4.78 is 9.89. The Morgan fingerprint density at radius 1 is 0.800 bits per heavy atom. The van der Waals surface area contributed by atoms with Gasteiger partial charge in [-0.3, -0.25) is 0 Å². The van der Waals surface area contributed by atoms with Gasteiger partial charge in [0.05, 0.1) is 14.1 Å². The van der Waals surface area contributed by atoms with Gasteiger partial charge in [0.15, 0.2) is 0 Å². The van der Waals surface area contributed by atoms with E-state index in [0.29, 0.717) is 11.7 Å². The van der Waals surface area contributed by atoms with Crippen molar-refractivity contribution in [3.8, 4) is 0 Å². The second kappa shape index (κ2) is 18.5. The Kier molecular flexibility index (Phi) is 17.1. The Labute approximate surface area is 229 Å². The molecular formula is C29H47LiN2O2P+. The Balaban J connectivity index is 0.000000456.